The van der Waals surface area contributed by atoms with E-state index in [4.69, 9.17) is 4.74 Å². The maximum atomic E-state index is 13.1. The fourth-order valence-electron chi connectivity index (χ4n) is 3.17. The van der Waals surface area contributed by atoms with Gasteiger partial charge in [-0.1, -0.05) is 24.3 Å². The third-order valence-electron chi connectivity index (χ3n) is 4.57. The number of nitrogens with zero attached hydrogens (tertiary/aromatic N) is 2. The van der Waals surface area contributed by atoms with Crippen molar-refractivity contribution >= 4 is 33.4 Å². The van der Waals surface area contributed by atoms with Gasteiger partial charge in [0.2, 0.25) is 10.0 Å². The van der Waals surface area contributed by atoms with Gasteiger partial charge in [-0.2, -0.15) is 4.31 Å². The smallest absolute Gasteiger partial charge is 0.339 e. The Morgan fingerprint density at radius 3 is 2.30 bits per heavy atom. The van der Waals surface area contributed by atoms with Crippen LogP contribution in [0.3, 0.4) is 0 Å². The van der Waals surface area contributed by atoms with Gasteiger partial charge in [0.25, 0.3) is 0 Å². The average Bonchev–Trinajstić information content (AvgIpc) is 2.73. The molecular weight excluding hydrogens is 384 g/mol. The van der Waals surface area contributed by atoms with Crippen LogP contribution < -0.4 is 4.90 Å². The normalized spacial score (nSPS) is 15.6. The van der Waals surface area contributed by atoms with Crippen molar-refractivity contribution in [3.63, 3.8) is 0 Å². The number of benzene rings is 2. The number of anilines is 1. The molecule has 0 amide bonds. The molecule has 8 heteroatoms. The van der Waals surface area contributed by atoms with Gasteiger partial charge in [-0.05, 0) is 30.5 Å². The third kappa shape index (κ3) is 3.97. The summed E-state index contributed by atoms with van der Waals surface area (Å²) in [5, 5.41) is 0. The van der Waals surface area contributed by atoms with Gasteiger partial charge >= 0.3 is 5.97 Å². The summed E-state index contributed by atoms with van der Waals surface area (Å²) in [6, 6.07) is 14.3. The lowest BCUT2D eigenvalue weighted by Crippen LogP contribution is -2.49. The highest BCUT2D eigenvalue weighted by atomic mass is 32.2. The summed E-state index contributed by atoms with van der Waals surface area (Å²) in [6.45, 7) is 1.91. The molecule has 27 heavy (non-hydrogen) atoms. The van der Waals surface area contributed by atoms with E-state index in [-0.39, 0.29) is 10.5 Å². The van der Waals surface area contributed by atoms with E-state index in [0.717, 1.165) is 5.69 Å². The van der Waals surface area contributed by atoms with Gasteiger partial charge in [0.15, 0.2) is 0 Å². The summed E-state index contributed by atoms with van der Waals surface area (Å²) in [4.78, 5) is 15.3. The SMILES string of the molecule is COC(=O)c1ccccc1S(=O)(=O)N1CCN(c2ccccc2SC)CC1. The highest BCUT2D eigenvalue weighted by Gasteiger charge is 2.32. The van der Waals surface area contributed by atoms with Crippen LogP contribution in [-0.4, -0.2) is 58.2 Å². The van der Waals surface area contributed by atoms with Crippen LogP contribution in [0.5, 0.6) is 0 Å². The molecule has 0 atom stereocenters. The number of hydrogen-bond donors (Lipinski definition) is 0. The number of ether oxygens (including phenoxy) is 1. The van der Waals surface area contributed by atoms with E-state index >= 15 is 0 Å². The zero-order valence-electron chi connectivity index (χ0n) is 15.3. The number of methoxy groups -OCH3 is 1. The van der Waals surface area contributed by atoms with Crippen molar-refractivity contribution in [3.8, 4) is 0 Å². The van der Waals surface area contributed by atoms with E-state index in [9.17, 15) is 13.2 Å². The Labute approximate surface area is 164 Å². The van der Waals surface area contributed by atoms with E-state index in [2.05, 4.69) is 17.0 Å². The van der Waals surface area contributed by atoms with Crippen LogP contribution in [0.4, 0.5) is 5.69 Å². The van der Waals surface area contributed by atoms with Gasteiger partial charge in [0.05, 0.1) is 23.3 Å². The molecule has 2 aromatic rings. The summed E-state index contributed by atoms with van der Waals surface area (Å²) < 4.78 is 32.3. The second kappa shape index (κ2) is 8.33. The van der Waals surface area contributed by atoms with Gasteiger partial charge in [-0.3, -0.25) is 0 Å². The van der Waals surface area contributed by atoms with Crippen LogP contribution in [0, 0.1) is 0 Å². The molecule has 144 valence electrons. The van der Waals surface area contributed by atoms with Gasteiger partial charge < -0.3 is 9.64 Å². The number of para-hydroxylation sites is 1. The van der Waals surface area contributed by atoms with Crippen LogP contribution >= 0.6 is 11.8 Å². The summed E-state index contributed by atoms with van der Waals surface area (Å²) >= 11 is 1.68. The summed E-state index contributed by atoms with van der Waals surface area (Å²) in [5.41, 5.74) is 1.19. The van der Waals surface area contributed by atoms with Crippen LogP contribution in [0.1, 0.15) is 10.4 Å². The summed E-state index contributed by atoms with van der Waals surface area (Å²) in [6.07, 6.45) is 2.03. The van der Waals surface area contributed by atoms with Gasteiger partial charge in [-0.25, -0.2) is 13.2 Å². The molecule has 0 unspecified atom stereocenters. The third-order valence-corrected chi connectivity index (χ3v) is 7.32. The Bertz CT molecular complexity index is 923. The van der Waals surface area contributed by atoms with Crippen molar-refractivity contribution < 1.29 is 17.9 Å². The predicted molar refractivity (Wildman–Crippen MR) is 107 cm³/mol. The molecule has 1 fully saturated rings. The Hall–Kier alpha value is -2.03. The molecule has 0 aliphatic carbocycles. The molecule has 1 saturated heterocycles. The second-order valence-corrected chi connectivity index (χ2v) is 8.81. The molecule has 0 spiro atoms. The number of esters is 1. The Morgan fingerprint density at radius 1 is 1.00 bits per heavy atom. The lowest BCUT2D eigenvalue weighted by atomic mass is 10.2. The zero-order valence-corrected chi connectivity index (χ0v) is 16.9. The molecule has 0 radical (unpaired) electrons. The number of thioether (sulfide) groups is 1. The summed E-state index contributed by atoms with van der Waals surface area (Å²) in [7, 11) is -2.52. The van der Waals surface area contributed by atoms with Crippen molar-refractivity contribution in [2.24, 2.45) is 0 Å². The topological polar surface area (TPSA) is 66.9 Å². The monoisotopic (exact) mass is 406 g/mol. The molecule has 0 bridgehead atoms. The Morgan fingerprint density at radius 2 is 1.63 bits per heavy atom. The molecule has 1 aliphatic rings. The van der Waals surface area contributed by atoms with Crippen LogP contribution in [0.15, 0.2) is 58.3 Å². The van der Waals surface area contributed by atoms with E-state index in [1.807, 2.05) is 18.4 Å². The van der Waals surface area contributed by atoms with Crippen molar-refractivity contribution in [1.82, 2.24) is 4.31 Å². The van der Waals surface area contributed by atoms with Crippen LogP contribution in [0.25, 0.3) is 0 Å². The van der Waals surface area contributed by atoms with Crippen LogP contribution in [0.2, 0.25) is 0 Å². The molecule has 0 saturated carbocycles. The summed E-state index contributed by atoms with van der Waals surface area (Å²) in [5.74, 6) is -0.651. The number of sulfonamides is 1. The fraction of sp³-hybridized carbons (Fsp3) is 0.316. The lowest BCUT2D eigenvalue weighted by molar-refractivity contribution is 0.0596. The highest BCUT2D eigenvalue weighted by Crippen LogP contribution is 2.30. The van der Waals surface area contributed by atoms with Gasteiger partial charge in [-0.15, -0.1) is 11.8 Å². The second-order valence-electron chi connectivity index (χ2n) is 6.05. The van der Waals surface area contributed by atoms with Crippen molar-refractivity contribution in [2.75, 3.05) is 44.4 Å². The molecule has 0 N–H and O–H groups in total. The molecule has 1 heterocycles. The zero-order chi connectivity index (χ0) is 19.4. The molecule has 6 nitrogen and oxygen atoms in total. The van der Waals surface area contributed by atoms with E-state index in [1.165, 1.54) is 28.4 Å². The van der Waals surface area contributed by atoms with Crippen LogP contribution in [-0.2, 0) is 14.8 Å². The minimum atomic E-state index is -3.77. The van der Waals surface area contributed by atoms with E-state index < -0.39 is 16.0 Å². The molecular formula is C19H22N2O4S2. The standard InChI is InChI=1S/C19H22N2O4S2/c1-25-19(22)15-7-3-6-10-18(15)27(23,24)21-13-11-20(12-14-21)16-8-4-5-9-17(16)26-2/h3-10H,11-14H2,1-2H3. The van der Waals surface area contributed by atoms with Crippen molar-refractivity contribution in [1.29, 1.82) is 0 Å². The first kappa shape index (κ1) is 19.7. The van der Waals surface area contributed by atoms with Gasteiger partial charge in [0, 0.05) is 31.1 Å². The molecule has 1 aliphatic heterocycles. The van der Waals surface area contributed by atoms with E-state index in [0.29, 0.717) is 26.2 Å². The number of hydrogen-bond acceptors (Lipinski definition) is 6. The average molecular weight is 407 g/mol. The number of piperazine rings is 1. The number of carbonyl (C=O) groups excluding carboxylic acids is 1. The Kier molecular flexibility index (Phi) is 6.08. The number of carbonyl (C=O) groups is 1. The highest BCUT2D eigenvalue weighted by molar-refractivity contribution is 7.98. The van der Waals surface area contributed by atoms with Crippen molar-refractivity contribution in [3.05, 3.63) is 54.1 Å². The minimum absolute atomic E-state index is 0.00480. The maximum Gasteiger partial charge on any atom is 0.339 e. The number of rotatable bonds is 5. The quantitative estimate of drug-likeness (QED) is 0.562. The molecule has 0 aromatic heterocycles. The molecule has 2 aromatic carbocycles. The molecule has 3 rings (SSSR count). The van der Waals surface area contributed by atoms with Gasteiger partial charge in [0.1, 0.15) is 0 Å². The predicted octanol–water partition coefficient (Wildman–Crippen LogP) is 2.71. The first-order chi connectivity index (χ1) is 13.0. The fourth-order valence-corrected chi connectivity index (χ4v) is 5.39. The first-order valence-electron chi connectivity index (χ1n) is 8.54. The van der Waals surface area contributed by atoms with E-state index in [1.54, 1.807) is 23.9 Å². The largest absolute Gasteiger partial charge is 0.465 e. The lowest BCUT2D eigenvalue weighted by Gasteiger charge is -2.36. The maximum absolute atomic E-state index is 13.1. The van der Waals surface area contributed by atoms with Crippen molar-refractivity contribution in [2.45, 2.75) is 9.79 Å². The minimum Gasteiger partial charge on any atom is -0.465 e. The first-order valence-corrected chi connectivity index (χ1v) is 11.2. The Balaban J connectivity index is 1.81.